The van der Waals surface area contributed by atoms with Crippen LogP contribution in [0.4, 0.5) is 0 Å². The van der Waals surface area contributed by atoms with Crippen LogP contribution in [0.15, 0.2) is 23.1 Å². The number of hydrogen-bond donors (Lipinski definition) is 1. The maximum Gasteiger partial charge on any atom is 0.243 e. The molecule has 0 aliphatic carbocycles. The van der Waals surface area contributed by atoms with E-state index in [9.17, 15) is 13.2 Å². The predicted molar refractivity (Wildman–Crippen MR) is 105 cm³/mol. The highest BCUT2D eigenvalue weighted by Gasteiger charge is 2.35. The molecule has 1 aromatic rings. The van der Waals surface area contributed by atoms with Gasteiger partial charge in [0.05, 0.1) is 4.90 Å². The monoisotopic (exact) mass is 431 g/mol. The van der Waals surface area contributed by atoms with E-state index in [-0.39, 0.29) is 35.2 Å². The third-order valence-corrected chi connectivity index (χ3v) is 7.39. The number of hydrogen-bond acceptors (Lipinski definition) is 6. The van der Waals surface area contributed by atoms with Crippen molar-refractivity contribution in [3.8, 4) is 11.5 Å². The zero-order chi connectivity index (χ0) is 19.0. The van der Waals surface area contributed by atoms with Gasteiger partial charge in [-0.25, -0.2) is 8.42 Å². The first-order chi connectivity index (χ1) is 12.9. The SMILES string of the molecule is Cl.N[C@@H]1CCN(C(=O)C2CCN(S(=O)(=O)c3ccc4c(c3)OCCO4)CC2)C1. The summed E-state index contributed by atoms with van der Waals surface area (Å²) in [4.78, 5) is 14.6. The molecule has 3 aliphatic rings. The Kier molecular flexibility index (Phi) is 6.38. The fourth-order valence-corrected chi connectivity index (χ4v) is 5.41. The van der Waals surface area contributed by atoms with Crippen LogP contribution in [-0.2, 0) is 14.8 Å². The number of halogens is 1. The lowest BCUT2D eigenvalue weighted by molar-refractivity contribution is -0.135. The number of nitrogens with zero attached hydrogens (tertiary/aromatic N) is 2. The molecule has 1 atom stereocenters. The van der Waals surface area contributed by atoms with Gasteiger partial charge >= 0.3 is 0 Å². The molecule has 0 spiro atoms. The van der Waals surface area contributed by atoms with Crippen LogP contribution >= 0.6 is 12.4 Å². The second kappa shape index (κ2) is 8.44. The highest BCUT2D eigenvalue weighted by Crippen LogP contribution is 2.34. The first kappa shape index (κ1) is 21.2. The number of carbonyl (C=O) groups excluding carboxylic acids is 1. The molecular formula is C18H26ClN3O5S. The van der Waals surface area contributed by atoms with Gasteiger partial charge in [0.15, 0.2) is 11.5 Å². The third kappa shape index (κ3) is 4.07. The number of piperidine rings is 1. The van der Waals surface area contributed by atoms with E-state index in [1.807, 2.05) is 4.90 Å². The van der Waals surface area contributed by atoms with Crippen LogP contribution < -0.4 is 15.2 Å². The van der Waals surface area contributed by atoms with Gasteiger partial charge in [-0.3, -0.25) is 4.79 Å². The standard InChI is InChI=1S/C18H25N3O5S.ClH/c19-14-5-6-20(12-14)18(22)13-3-7-21(8-4-13)27(23,24)15-1-2-16-17(11-15)26-10-9-25-16;/h1-2,11,13-14H,3-10,12,19H2;1H/t14-;/m1./s1. The molecule has 28 heavy (non-hydrogen) atoms. The predicted octanol–water partition coefficient (Wildman–Crippen LogP) is 0.840. The number of likely N-dealkylation sites (tertiary alicyclic amines) is 1. The van der Waals surface area contributed by atoms with E-state index < -0.39 is 10.0 Å². The number of sulfonamides is 1. The maximum atomic E-state index is 13.0. The summed E-state index contributed by atoms with van der Waals surface area (Å²) in [5.41, 5.74) is 5.88. The summed E-state index contributed by atoms with van der Waals surface area (Å²) >= 11 is 0. The fraction of sp³-hybridized carbons (Fsp3) is 0.611. The van der Waals surface area contributed by atoms with E-state index in [2.05, 4.69) is 0 Å². The summed E-state index contributed by atoms with van der Waals surface area (Å²) < 4.78 is 38.3. The summed E-state index contributed by atoms with van der Waals surface area (Å²) in [5, 5.41) is 0. The molecule has 0 radical (unpaired) electrons. The van der Waals surface area contributed by atoms with Crippen molar-refractivity contribution in [2.24, 2.45) is 11.7 Å². The van der Waals surface area contributed by atoms with Crippen molar-refractivity contribution >= 4 is 28.3 Å². The molecule has 156 valence electrons. The summed E-state index contributed by atoms with van der Waals surface area (Å²) in [5.74, 6) is 1.01. The Morgan fingerprint density at radius 2 is 1.71 bits per heavy atom. The average Bonchev–Trinajstić information content (AvgIpc) is 3.13. The second-order valence-corrected chi connectivity index (χ2v) is 9.25. The number of nitrogens with two attached hydrogens (primary N) is 1. The van der Waals surface area contributed by atoms with Gasteiger partial charge in [0.2, 0.25) is 15.9 Å². The Bertz CT molecular complexity index is 827. The van der Waals surface area contributed by atoms with Gasteiger partial charge in [0, 0.05) is 44.2 Å². The Hall–Kier alpha value is -1.55. The van der Waals surface area contributed by atoms with E-state index in [0.717, 1.165) is 6.42 Å². The first-order valence-electron chi connectivity index (χ1n) is 9.39. The van der Waals surface area contributed by atoms with Gasteiger partial charge in [0.1, 0.15) is 13.2 Å². The van der Waals surface area contributed by atoms with E-state index in [4.69, 9.17) is 15.2 Å². The van der Waals surface area contributed by atoms with E-state index in [1.54, 1.807) is 12.1 Å². The summed E-state index contributed by atoms with van der Waals surface area (Å²) in [6.07, 6.45) is 1.91. The van der Waals surface area contributed by atoms with Crippen molar-refractivity contribution in [3.05, 3.63) is 18.2 Å². The maximum absolute atomic E-state index is 13.0. The lowest BCUT2D eigenvalue weighted by atomic mass is 9.97. The van der Waals surface area contributed by atoms with Gasteiger partial charge in [-0.1, -0.05) is 0 Å². The number of fused-ring (bicyclic) bond motifs is 1. The summed E-state index contributed by atoms with van der Waals surface area (Å²) in [7, 11) is -3.62. The molecule has 4 rings (SSSR count). The minimum atomic E-state index is -3.62. The highest BCUT2D eigenvalue weighted by molar-refractivity contribution is 7.89. The lowest BCUT2D eigenvalue weighted by Crippen LogP contribution is -2.44. The average molecular weight is 432 g/mol. The molecule has 2 N–H and O–H groups in total. The van der Waals surface area contributed by atoms with E-state index in [1.165, 1.54) is 10.4 Å². The van der Waals surface area contributed by atoms with Crippen molar-refractivity contribution in [2.75, 3.05) is 39.4 Å². The van der Waals surface area contributed by atoms with Crippen molar-refractivity contribution in [3.63, 3.8) is 0 Å². The van der Waals surface area contributed by atoms with Crippen molar-refractivity contribution in [2.45, 2.75) is 30.2 Å². The first-order valence-corrected chi connectivity index (χ1v) is 10.8. The van der Waals surface area contributed by atoms with Gasteiger partial charge in [-0.15, -0.1) is 12.4 Å². The Balaban J connectivity index is 0.00000225. The zero-order valence-corrected chi connectivity index (χ0v) is 17.2. The molecule has 0 bridgehead atoms. The molecular weight excluding hydrogens is 406 g/mol. The van der Waals surface area contributed by atoms with Gasteiger partial charge in [-0.2, -0.15) is 4.31 Å². The molecule has 0 unspecified atom stereocenters. The minimum Gasteiger partial charge on any atom is -0.486 e. The van der Waals surface area contributed by atoms with Crippen LogP contribution in [-0.4, -0.2) is 69.0 Å². The van der Waals surface area contributed by atoms with Crippen LogP contribution in [0.3, 0.4) is 0 Å². The molecule has 3 heterocycles. The van der Waals surface area contributed by atoms with Crippen molar-refractivity contribution in [1.82, 2.24) is 9.21 Å². The van der Waals surface area contributed by atoms with E-state index in [0.29, 0.717) is 63.7 Å². The van der Waals surface area contributed by atoms with Crippen LogP contribution in [0.1, 0.15) is 19.3 Å². The number of ether oxygens (including phenoxy) is 2. The van der Waals surface area contributed by atoms with Crippen LogP contribution in [0, 0.1) is 5.92 Å². The number of carbonyl (C=O) groups is 1. The second-order valence-electron chi connectivity index (χ2n) is 7.32. The van der Waals surface area contributed by atoms with E-state index >= 15 is 0 Å². The largest absolute Gasteiger partial charge is 0.486 e. The van der Waals surface area contributed by atoms with Crippen LogP contribution in [0.2, 0.25) is 0 Å². The number of amides is 1. The number of benzene rings is 1. The third-order valence-electron chi connectivity index (χ3n) is 5.49. The fourth-order valence-electron chi connectivity index (χ4n) is 3.92. The normalized spacial score (nSPS) is 23.3. The Labute approximate surface area is 171 Å². The Morgan fingerprint density at radius 3 is 2.36 bits per heavy atom. The molecule has 2 saturated heterocycles. The summed E-state index contributed by atoms with van der Waals surface area (Å²) in [6.45, 7) is 2.86. The van der Waals surface area contributed by atoms with Crippen molar-refractivity contribution in [1.29, 1.82) is 0 Å². The van der Waals surface area contributed by atoms with Gasteiger partial charge < -0.3 is 20.1 Å². The molecule has 10 heteroatoms. The molecule has 0 aromatic heterocycles. The van der Waals surface area contributed by atoms with Gasteiger partial charge in [-0.05, 0) is 31.4 Å². The topological polar surface area (TPSA) is 102 Å². The molecule has 2 fully saturated rings. The zero-order valence-electron chi connectivity index (χ0n) is 15.6. The molecule has 8 nitrogen and oxygen atoms in total. The lowest BCUT2D eigenvalue weighted by Gasteiger charge is -2.32. The quantitative estimate of drug-likeness (QED) is 0.760. The van der Waals surface area contributed by atoms with Crippen LogP contribution in [0.5, 0.6) is 11.5 Å². The summed E-state index contributed by atoms with van der Waals surface area (Å²) in [6, 6.07) is 4.76. The molecule has 3 aliphatic heterocycles. The van der Waals surface area contributed by atoms with Crippen LogP contribution in [0.25, 0.3) is 0 Å². The van der Waals surface area contributed by atoms with Crippen molar-refractivity contribution < 1.29 is 22.7 Å². The number of rotatable bonds is 3. The highest BCUT2D eigenvalue weighted by atomic mass is 35.5. The van der Waals surface area contributed by atoms with Gasteiger partial charge in [0.25, 0.3) is 0 Å². The molecule has 1 amide bonds. The molecule has 1 aromatic carbocycles. The minimum absolute atomic E-state index is 0. The Morgan fingerprint density at radius 1 is 1.04 bits per heavy atom. The smallest absolute Gasteiger partial charge is 0.243 e. The molecule has 0 saturated carbocycles.